The summed E-state index contributed by atoms with van der Waals surface area (Å²) in [5.41, 5.74) is 3.06. The molecule has 0 saturated heterocycles. The first-order valence-electron chi connectivity index (χ1n) is 7.28. The zero-order valence-electron chi connectivity index (χ0n) is 12.9. The van der Waals surface area contributed by atoms with Crippen LogP contribution in [0.1, 0.15) is 24.5 Å². The highest BCUT2D eigenvalue weighted by Crippen LogP contribution is 2.52. The van der Waals surface area contributed by atoms with E-state index in [2.05, 4.69) is 15.5 Å². The Bertz CT molecular complexity index is 692. The number of carbonyl (C=O) groups excluding carboxylic acids is 1. The number of aromatic hydroxyl groups is 1. The zero-order valence-corrected chi connectivity index (χ0v) is 12.9. The number of nitrogens with one attached hydrogen (secondary N) is 1. The van der Waals surface area contributed by atoms with E-state index < -0.39 is 11.8 Å². The van der Waals surface area contributed by atoms with Crippen LogP contribution in [0.25, 0.3) is 6.08 Å². The van der Waals surface area contributed by atoms with Gasteiger partial charge in [-0.15, -0.1) is 10.2 Å². The van der Waals surface area contributed by atoms with Gasteiger partial charge >= 0.3 is 11.8 Å². The van der Waals surface area contributed by atoms with Crippen molar-refractivity contribution in [2.45, 2.75) is 25.2 Å². The van der Waals surface area contributed by atoms with Crippen molar-refractivity contribution in [3.05, 3.63) is 34.9 Å². The third-order valence-corrected chi connectivity index (χ3v) is 3.56. The number of carbonyl (C=O) groups is 1. The molecule has 9 heteroatoms. The van der Waals surface area contributed by atoms with Gasteiger partial charge in [0.1, 0.15) is 5.75 Å². The third-order valence-electron chi connectivity index (χ3n) is 3.56. The molecule has 0 aromatic heterocycles. The van der Waals surface area contributed by atoms with E-state index in [0.29, 0.717) is 18.5 Å². The van der Waals surface area contributed by atoms with Gasteiger partial charge in [0.2, 0.25) is 5.91 Å². The molecule has 0 radical (unpaired) electrons. The fourth-order valence-electron chi connectivity index (χ4n) is 2.14. The molecule has 0 fully saturated rings. The Morgan fingerprint density at radius 2 is 2.08 bits per heavy atom. The van der Waals surface area contributed by atoms with E-state index in [-0.39, 0.29) is 29.3 Å². The number of amides is 1. The molecule has 130 valence electrons. The van der Waals surface area contributed by atoms with Gasteiger partial charge < -0.3 is 16.2 Å². The molecule has 4 N–H and O–H groups in total. The largest absolute Gasteiger partial charge is 0.507 e. The molecule has 1 aliphatic rings. The van der Waals surface area contributed by atoms with E-state index in [9.17, 15) is 23.1 Å². The molecule has 1 aromatic carbocycles. The van der Waals surface area contributed by atoms with Crippen LogP contribution in [0.5, 0.6) is 5.75 Å². The number of nitrogens with two attached hydrogens (primary N) is 1. The Hall–Kier alpha value is -2.42. The van der Waals surface area contributed by atoms with Crippen LogP contribution >= 0.6 is 0 Å². The fourth-order valence-corrected chi connectivity index (χ4v) is 2.14. The van der Waals surface area contributed by atoms with Gasteiger partial charge in [-0.05, 0) is 18.6 Å². The highest BCUT2D eigenvalue weighted by Gasteiger charge is 2.65. The minimum absolute atomic E-state index is 0.233. The average Bonchev–Trinajstić information content (AvgIpc) is 3.33. The Morgan fingerprint density at radius 1 is 1.42 bits per heavy atom. The van der Waals surface area contributed by atoms with Crippen molar-refractivity contribution in [1.29, 1.82) is 0 Å². The summed E-state index contributed by atoms with van der Waals surface area (Å²) in [4.78, 5) is 11.9. The van der Waals surface area contributed by atoms with Crippen molar-refractivity contribution in [1.82, 2.24) is 5.32 Å². The Balaban J connectivity index is 2.27. The maximum atomic E-state index is 13.0. The summed E-state index contributed by atoms with van der Waals surface area (Å²) in [5.74, 6) is -0.726. The van der Waals surface area contributed by atoms with Crippen molar-refractivity contribution < 1.29 is 23.1 Å². The van der Waals surface area contributed by atoms with Crippen molar-refractivity contribution in [3.8, 4) is 5.75 Å². The van der Waals surface area contributed by atoms with Crippen LogP contribution in [0.3, 0.4) is 0 Å². The van der Waals surface area contributed by atoms with E-state index >= 15 is 0 Å². The van der Waals surface area contributed by atoms with Crippen LogP contribution in [0, 0.1) is 0 Å². The van der Waals surface area contributed by atoms with Crippen molar-refractivity contribution in [2.24, 2.45) is 16.0 Å². The predicted octanol–water partition coefficient (Wildman–Crippen LogP) is 2.44. The highest BCUT2D eigenvalue weighted by molar-refractivity contribution is 5.98. The number of halogens is 3. The zero-order chi connectivity index (χ0) is 18.0. The molecule has 1 heterocycles. The molecule has 2 rings (SSSR count). The first kappa shape index (κ1) is 17.9. The van der Waals surface area contributed by atoms with E-state index in [0.717, 1.165) is 6.07 Å². The monoisotopic (exact) mass is 342 g/mol. The minimum Gasteiger partial charge on any atom is -0.507 e. The van der Waals surface area contributed by atoms with Crippen LogP contribution in [0.2, 0.25) is 0 Å². The lowest BCUT2D eigenvalue weighted by Gasteiger charge is -2.15. The molecule has 0 atom stereocenters. The molecule has 0 saturated carbocycles. The molecule has 6 nitrogen and oxygen atoms in total. The molecular weight excluding hydrogens is 325 g/mol. The minimum atomic E-state index is -4.66. The van der Waals surface area contributed by atoms with Gasteiger partial charge in [0, 0.05) is 29.8 Å². The van der Waals surface area contributed by atoms with Crippen LogP contribution in [-0.4, -0.2) is 30.3 Å². The number of hydrogen-bond acceptors (Lipinski definition) is 5. The maximum Gasteiger partial charge on any atom is 0.442 e. The quantitative estimate of drug-likeness (QED) is 0.692. The van der Waals surface area contributed by atoms with Gasteiger partial charge in [0.05, 0.1) is 0 Å². The second-order valence-electron chi connectivity index (χ2n) is 5.21. The van der Waals surface area contributed by atoms with Crippen LogP contribution in [-0.2, 0) is 10.5 Å². The second-order valence-corrected chi connectivity index (χ2v) is 5.21. The molecular formula is C15H17F3N4O2. The fraction of sp³-hybridized carbons (Fsp3) is 0.400. The molecule has 24 heavy (non-hydrogen) atoms. The number of hydrogen-bond donors (Lipinski definition) is 3. The van der Waals surface area contributed by atoms with E-state index in [4.69, 9.17) is 5.73 Å². The normalized spacial score (nSPS) is 16.1. The lowest BCUT2D eigenvalue weighted by atomic mass is 9.99. The molecule has 0 spiro atoms. The average molecular weight is 342 g/mol. The molecule has 1 aliphatic heterocycles. The number of phenols is 1. The first-order valence-corrected chi connectivity index (χ1v) is 7.28. The van der Waals surface area contributed by atoms with Crippen LogP contribution in [0.4, 0.5) is 13.2 Å². The van der Waals surface area contributed by atoms with Gasteiger partial charge in [-0.25, -0.2) is 0 Å². The number of rotatable bonds is 6. The lowest BCUT2D eigenvalue weighted by Crippen LogP contribution is -2.30. The third kappa shape index (κ3) is 3.40. The Kier molecular flexibility index (Phi) is 4.93. The Morgan fingerprint density at radius 3 is 2.54 bits per heavy atom. The van der Waals surface area contributed by atoms with Crippen LogP contribution < -0.4 is 11.1 Å². The summed E-state index contributed by atoms with van der Waals surface area (Å²) >= 11 is 0. The molecule has 0 bridgehead atoms. The first-order chi connectivity index (χ1) is 11.2. The number of phenolic OH excluding ortho intramolecular Hbond substituents is 1. The molecule has 1 amide bonds. The summed E-state index contributed by atoms with van der Waals surface area (Å²) in [6.45, 7) is 2.34. The lowest BCUT2D eigenvalue weighted by molar-refractivity contribution is -0.166. The molecule has 0 aliphatic carbocycles. The second kappa shape index (κ2) is 6.60. The number of alkyl halides is 3. The summed E-state index contributed by atoms with van der Waals surface area (Å²) in [7, 11) is 0. The van der Waals surface area contributed by atoms with E-state index in [1.165, 1.54) is 18.2 Å². The van der Waals surface area contributed by atoms with Gasteiger partial charge in [-0.2, -0.15) is 13.2 Å². The van der Waals surface area contributed by atoms with Gasteiger partial charge in [0.15, 0.2) is 0 Å². The summed E-state index contributed by atoms with van der Waals surface area (Å²) in [6.07, 6.45) is -2.85. The van der Waals surface area contributed by atoms with E-state index in [1.54, 1.807) is 6.92 Å². The van der Waals surface area contributed by atoms with Crippen molar-refractivity contribution >= 4 is 12.0 Å². The number of nitrogens with zero attached hydrogens (tertiary/aromatic N) is 2. The van der Waals surface area contributed by atoms with Crippen molar-refractivity contribution in [2.75, 3.05) is 13.1 Å². The smallest absolute Gasteiger partial charge is 0.442 e. The highest BCUT2D eigenvalue weighted by atomic mass is 19.4. The standard InChI is InChI=1S/C15H17F3N4O2/c1-2-9(13(24)20-6-5-19)7-10-3-4-11(8-12(10)23)14(21-22-14)15(16,17)18/h3-4,7-8,23H,2,5-6,19H2,1H3,(H,20,24)/b9-7+. The summed E-state index contributed by atoms with van der Waals surface area (Å²) in [5, 5.41) is 18.8. The Labute approximate surface area is 136 Å². The predicted molar refractivity (Wildman–Crippen MR) is 81.0 cm³/mol. The van der Waals surface area contributed by atoms with Gasteiger partial charge in [0.25, 0.3) is 0 Å². The molecule has 0 unspecified atom stereocenters. The SMILES string of the molecule is CC/C(=C\c1ccc(C2(C(F)(F)F)N=N2)cc1O)C(=O)NCCN. The van der Waals surface area contributed by atoms with Gasteiger partial charge in [-0.3, -0.25) is 4.79 Å². The maximum absolute atomic E-state index is 13.0. The van der Waals surface area contributed by atoms with Crippen LogP contribution in [0.15, 0.2) is 34.0 Å². The topological polar surface area (TPSA) is 100 Å². The number of benzene rings is 1. The van der Waals surface area contributed by atoms with Gasteiger partial charge in [-0.1, -0.05) is 19.1 Å². The van der Waals surface area contributed by atoms with E-state index in [1.807, 2.05) is 0 Å². The molecule has 1 aromatic rings. The van der Waals surface area contributed by atoms with Crippen molar-refractivity contribution in [3.63, 3.8) is 0 Å². The summed E-state index contributed by atoms with van der Waals surface area (Å²) < 4.78 is 38.9. The summed E-state index contributed by atoms with van der Waals surface area (Å²) in [6, 6.07) is 3.45.